The van der Waals surface area contributed by atoms with E-state index in [9.17, 15) is 0 Å². The van der Waals surface area contributed by atoms with Gasteiger partial charge < -0.3 is 4.74 Å². The minimum Gasteiger partial charge on any atom is -0.497 e. The van der Waals surface area contributed by atoms with E-state index < -0.39 is 0 Å². The Balaban J connectivity index is 1.50. The third-order valence-electron chi connectivity index (χ3n) is 4.48. The SMILES string of the molecule is COc1ccc(CCC2C=CCN(Cc3ccccc3)C2)cc1. The van der Waals surface area contributed by atoms with Gasteiger partial charge in [0, 0.05) is 19.6 Å². The third-order valence-corrected chi connectivity index (χ3v) is 4.48. The first-order chi connectivity index (χ1) is 11.3. The van der Waals surface area contributed by atoms with E-state index in [0.717, 1.165) is 31.8 Å². The molecule has 1 atom stereocenters. The van der Waals surface area contributed by atoms with Gasteiger partial charge in [-0.1, -0.05) is 54.6 Å². The van der Waals surface area contributed by atoms with Gasteiger partial charge in [0.1, 0.15) is 5.75 Å². The van der Waals surface area contributed by atoms with E-state index in [-0.39, 0.29) is 0 Å². The van der Waals surface area contributed by atoms with Crippen LogP contribution in [0.3, 0.4) is 0 Å². The van der Waals surface area contributed by atoms with Crippen LogP contribution in [-0.4, -0.2) is 25.1 Å². The predicted octanol–water partition coefficient (Wildman–Crippen LogP) is 4.32. The Morgan fingerprint density at radius 1 is 1.00 bits per heavy atom. The molecule has 1 heterocycles. The molecule has 2 aromatic carbocycles. The summed E-state index contributed by atoms with van der Waals surface area (Å²) in [6.45, 7) is 3.26. The zero-order valence-electron chi connectivity index (χ0n) is 13.8. The summed E-state index contributed by atoms with van der Waals surface area (Å²) in [7, 11) is 1.71. The number of methoxy groups -OCH3 is 1. The number of hydrogen-bond acceptors (Lipinski definition) is 2. The monoisotopic (exact) mass is 307 g/mol. The molecule has 0 radical (unpaired) electrons. The molecule has 0 aromatic heterocycles. The molecule has 2 aromatic rings. The van der Waals surface area contributed by atoms with Crippen molar-refractivity contribution in [1.29, 1.82) is 0 Å². The molecule has 2 nitrogen and oxygen atoms in total. The highest BCUT2D eigenvalue weighted by Gasteiger charge is 2.15. The number of rotatable bonds is 6. The summed E-state index contributed by atoms with van der Waals surface area (Å²) < 4.78 is 5.22. The van der Waals surface area contributed by atoms with Gasteiger partial charge in [0.25, 0.3) is 0 Å². The second-order valence-electron chi connectivity index (χ2n) is 6.25. The van der Waals surface area contributed by atoms with Gasteiger partial charge in [-0.3, -0.25) is 4.90 Å². The smallest absolute Gasteiger partial charge is 0.118 e. The van der Waals surface area contributed by atoms with Crippen molar-refractivity contribution in [2.24, 2.45) is 5.92 Å². The van der Waals surface area contributed by atoms with Crippen molar-refractivity contribution in [2.75, 3.05) is 20.2 Å². The van der Waals surface area contributed by atoms with Gasteiger partial charge in [-0.05, 0) is 42.0 Å². The van der Waals surface area contributed by atoms with Gasteiger partial charge in [0.05, 0.1) is 7.11 Å². The van der Waals surface area contributed by atoms with Crippen LogP contribution in [-0.2, 0) is 13.0 Å². The number of aryl methyl sites for hydroxylation is 1. The third kappa shape index (κ3) is 4.70. The van der Waals surface area contributed by atoms with E-state index in [2.05, 4.69) is 59.5 Å². The zero-order valence-corrected chi connectivity index (χ0v) is 13.8. The lowest BCUT2D eigenvalue weighted by atomic mass is 9.96. The maximum Gasteiger partial charge on any atom is 0.118 e. The first kappa shape index (κ1) is 15.8. The summed E-state index contributed by atoms with van der Waals surface area (Å²) in [6, 6.07) is 19.2. The molecular formula is C21H25NO. The first-order valence-electron chi connectivity index (χ1n) is 8.39. The Bertz CT molecular complexity index is 618. The largest absolute Gasteiger partial charge is 0.497 e. The maximum absolute atomic E-state index is 5.22. The highest BCUT2D eigenvalue weighted by atomic mass is 16.5. The summed E-state index contributed by atoms with van der Waals surface area (Å²) >= 11 is 0. The molecule has 1 aliphatic rings. The second-order valence-corrected chi connectivity index (χ2v) is 6.25. The maximum atomic E-state index is 5.22. The first-order valence-corrected chi connectivity index (χ1v) is 8.39. The molecular weight excluding hydrogens is 282 g/mol. The van der Waals surface area contributed by atoms with Crippen LogP contribution in [0, 0.1) is 5.92 Å². The van der Waals surface area contributed by atoms with E-state index in [4.69, 9.17) is 4.74 Å². The van der Waals surface area contributed by atoms with E-state index in [1.54, 1.807) is 7.11 Å². The molecule has 0 N–H and O–H groups in total. The number of benzene rings is 2. The Morgan fingerprint density at radius 2 is 1.78 bits per heavy atom. The lowest BCUT2D eigenvalue weighted by molar-refractivity contribution is 0.246. The Hall–Kier alpha value is -2.06. The summed E-state index contributed by atoms with van der Waals surface area (Å²) in [6.07, 6.45) is 7.04. The minimum absolute atomic E-state index is 0.648. The summed E-state index contributed by atoms with van der Waals surface area (Å²) in [5.74, 6) is 1.58. The van der Waals surface area contributed by atoms with Crippen LogP contribution in [0.25, 0.3) is 0 Å². The number of hydrogen-bond donors (Lipinski definition) is 0. The molecule has 0 saturated heterocycles. The molecule has 1 aliphatic heterocycles. The van der Waals surface area contributed by atoms with Crippen LogP contribution < -0.4 is 4.74 Å². The fourth-order valence-electron chi connectivity index (χ4n) is 3.17. The molecule has 3 rings (SSSR count). The Morgan fingerprint density at radius 3 is 2.52 bits per heavy atom. The van der Waals surface area contributed by atoms with E-state index in [1.807, 2.05) is 12.1 Å². The zero-order chi connectivity index (χ0) is 15.9. The normalized spacial score (nSPS) is 18.0. The lowest BCUT2D eigenvalue weighted by Gasteiger charge is -2.29. The molecule has 1 unspecified atom stereocenters. The van der Waals surface area contributed by atoms with E-state index in [1.165, 1.54) is 17.5 Å². The van der Waals surface area contributed by atoms with Gasteiger partial charge in [0.2, 0.25) is 0 Å². The van der Waals surface area contributed by atoms with Crippen LogP contribution in [0.5, 0.6) is 5.75 Å². The highest BCUT2D eigenvalue weighted by Crippen LogP contribution is 2.19. The van der Waals surface area contributed by atoms with Gasteiger partial charge in [-0.25, -0.2) is 0 Å². The molecule has 0 saturated carbocycles. The molecule has 0 spiro atoms. The average molecular weight is 307 g/mol. The lowest BCUT2D eigenvalue weighted by Crippen LogP contribution is -2.32. The average Bonchev–Trinajstić information content (AvgIpc) is 2.62. The minimum atomic E-state index is 0.648. The summed E-state index contributed by atoms with van der Waals surface area (Å²) in [5, 5.41) is 0. The molecule has 0 fully saturated rings. The van der Waals surface area contributed by atoms with Crippen LogP contribution in [0.1, 0.15) is 17.5 Å². The highest BCUT2D eigenvalue weighted by molar-refractivity contribution is 5.27. The predicted molar refractivity (Wildman–Crippen MR) is 95.7 cm³/mol. The second kappa shape index (κ2) is 7.98. The van der Waals surface area contributed by atoms with Crippen molar-refractivity contribution in [2.45, 2.75) is 19.4 Å². The Labute approximate surface area is 139 Å². The fourth-order valence-corrected chi connectivity index (χ4v) is 3.17. The van der Waals surface area contributed by atoms with Gasteiger partial charge in [-0.15, -0.1) is 0 Å². The van der Waals surface area contributed by atoms with E-state index >= 15 is 0 Å². The van der Waals surface area contributed by atoms with Crippen LogP contribution in [0.15, 0.2) is 66.7 Å². The molecule has 0 bridgehead atoms. The van der Waals surface area contributed by atoms with Crippen molar-refractivity contribution < 1.29 is 4.74 Å². The van der Waals surface area contributed by atoms with Crippen LogP contribution in [0.4, 0.5) is 0 Å². The Kier molecular flexibility index (Phi) is 5.49. The standard InChI is InChI=1S/C21H25NO/c1-23-21-13-11-18(12-14-21)9-10-20-8-5-15-22(17-20)16-19-6-3-2-4-7-19/h2-8,11-14,20H,9-10,15-17H2,1H3. The molecule has 0 aliphatic carbocycles. The van der Waals surface area contributed by atoms with Crippen molar-refractivity contribution >= 4 is 0 Å². The van der Waals surface area contributed by atoms with Crippen molar-refractivity contribution in [3.8, 4) is 5.75 Å². The topological polar surface area (TPSA) is 12.5 Å². The molecule has 2 heteroatoms. The van der Waals surface area contributed by atoms with Crippen LogP contribution in [0.2, 0.25) is 0 Å². The van der Waals surface area contributed by atoms with Gasteiger partial charge >= 0.3 is 0 Å². The quantitative estimate of drug-likeness (QED) is 0.737. The van der Waals surface area contributed by atoms with Crippen molar-refractivity contribution in [3.63, 3.8) is 0 Å². The molecule has 23 heavy (non-hydrogen) atoms. The number of nitrogens with zero attached hydrogens (tertiary/aromatic N) is 1. The van der Waals surface area contributed by atoms with Crippen molar-refractivity contribution in [3.05, 3.63) is 77.9 Å². The van der Waals surface area contributed by atoms with E-state index in [0.29, 0.717) is 5.92 Å². The van der Waals surface area contributed by atoms with Crippen molar-refractivity contribution in [1.82, 2.24) is 4.90 Å². The summed E-state index contributed by atoms with van der Waals surface area (Å²) in [5.41, 5.74) is 2.79. The fraction of sp³-hybridized carbons (Fsp3) is 0.333. The van der Waals surface area contributed by atoms with Gasteiger partial charge in [0.15, 0.2) is 0 Å². The number of ether oxygens (including phenoxy) is 1. The molecule has 0 amide bonds. The molecule has 120 valence electrons. The summed E-state index contributed by atoms with van der Waals surface area (Å²) in [4.78, 5) is 2.54. The van der Waals surface area contributed by atoms with Crippen LogP contribution >= 0.6 is 0 Å². The van der Waals surface area contributed by atoms with Gasteiger partial charge in [-0.2, -0.15) is 0 Å².